The lowest BCUT2D eigenvalue weighted by Crippen LogP contribution is -2.09. The second-order valence-electron chi connectivity index (χ2n) is 6.09. The van der Waals surface area contributed by atoms with Gasteiger partial charge in [0.2, 0.25) is 0 Å². The molecule has 0 bridgehead atoms. The van der Waals surface area contributed by atoms with Gasteiger partial charge in [0.1, 0.15) is 5.75 Å². The topological polar surface area (TPSA) is 81.4 Å². The highest BCUT2D eigenvalue weighted by molar-refractivity contribution is 7.91. The molecule has 0 atom stereocenters. The zero-order chi connectivity index (χ0) is 21.2. The van der Waals surface area contributed by atoms with E-state index < -0.39 is 34.1 Å². The van der Waals surface area contributed by atoms with Gasteiger partial charge in [0, 0.05) is 11.6 Å². The van der Waals surface area contributed by atoms with Crippen molar-refractivity contribution in [3.63, 3.8) is 0 Å². The Morgan fingerprint density at radius 3 is 2.38 bits per heavy atom. The van der Waals surface area contributed by atoms with Gasteiger partial charge in [-0.05, 0) is 30.3 Å². The molecular weight excluding hydrogens is 409 g/mol. The van der Waals surface area contributed by atoms with Crippen LogP contribution in [0.4, 0.5) is 13.2 Å². The van der Waals surface area contributed by atoms with E-state index in [4.69, 9.17) is 9.84 Å². The largest absolute Gasteiger partial charge is 0.497 e. The summed E-state index contributed by atoms with van der Waals surface area (Å²) < 4.78 is 70.1. The van der Waals surface area contributed by atoms with Gasteiger partial charge in [-0.3, -0.25) is 0 Å². The van der Waals surface area contributed by atoms with Gasteiger partial charge in [-0.2, -0.15) is 18.3 Å². The van der Waals surface area contributed by atoms with E-state index in [0.29, 0.717) is 17.0 Å². The number of aromatic nitrogens is 2. The SMILES string of the molecule is COc1cccc(-n2nc(C(F)(F)F)cc2-c2ccc(S(=O)(=O)CCO)cc2)c1. The molecule has 0 saturated heterocycles. The van der Waals surface area contributed by atoms with Crippen LogP contribution < -0.4 is 4.74 Å². The Morgan fingerprint density at radius 2 is 1.79 bits per heavy atom. The highest BCUT2D eigenvalue weighted by atomic mass is 32.2. The summed E-state index contributed by atoms with van der Waals surface area (Å²) in [6.07, 6.45) is -4.65. The minimum absolute atomic E-state index is 0.0289. The maximum atomic E-state index is 13.3. The smallest absolute Gasteiger partial charge is 0.435 e. The summed E-state index contributed by atoms with van der Waals surface area (Å²) >= 11 is 0. The Hall–Kier alpha value is -2.85. The summed E-state index contributed by atoms with van der Waals surface area (Å²) in [6.45, 7) is -0.526. The van der Waals surface area contributed by atoms with Crippen LogP contribution in [0.5, 0.6) is 5.75 Å². The van der Waals surface area contributed by atoms with E-state index in [0.717, 1.165) is 10.7 Å². The van der Waals surface area contributed by atoms with Crippen LogP contribution in [0, 0.1) is 0 Å². The first-order valence-corrected chi connectivity index (χ1v) is 10.1. The van der Waals surface area contributed by atoms with E-state index in [1.54, 1.807) is 18.2 Å². The van der Waals surface area contributed by atoms with E-state index in [1.807, 2.05) is 0 Å². The normalized spacial score (nSPS) is 12.2. The van der Waals surface area contributed by atoms with Crippen LogP contribution in [0.3, 0.4) is 0 Å². The molecule has 29 heavy (non-hydrogen) atoms. The number of halogens is 3. The second-order valence-corrected chi connectivity index (χ2v) is 8.20. The third-order valence-electron chi connectivity index (χ3n) is 4.17. The molecule has 154 valence electrons. The van der Waals surface area contributed by atoms with Gasteiger partial charge < -0.3 is 9.84 Å². The molecule has 0 unspecified atom stereocenters. The summed E-state index contributed by atoms with van der Waals surface area (Å²) in [4.78, 5) is -0.0289. The average molecular weight is 426 g/mol. The number of hydrogen-bond acceptors (Lipinski definition) is 5. The zero-order valence-electron chi connectivity index (χ0n) is 15.2. The van der Waals surface area contributed by atoms with Gasteiger partial charge in [0.25, 0.3) is 0 Å². The number of alkyl halides is 3. The van der Waals surface area contributed by atoms with Gasteiger partial charge >= 0.3 is 6.18 Å². The maximum absolute atomic E-state index is 13.3. The van der Waals surface area contributed by atoms with Crippen molar-refractivity contribution in [1.82, 2.24) is 9.78 Å². The molecule has 0 amide bonds. The molecule has 1 N–H and O–H groups in total. The number of methoxy groups -OCH3 is 1. The van der Waals surface area contributed by atoms with Crippen molar-refractivity contribution in [2.24, 2.45) is 0 Å². The molecule has 1 aromatic heterocycles. The van der Waals surface area contributed by atoms with Crippen LogP contribution >= 0.6 is 0 Å². The van der Waals surface area contributed by atoms with Gasteiger partial charge in [-0.1, -0.05) is 18.2 Å². The number of hydrogen-bond donors (Lipinski definition) is 1. The lowest BCUT2D eigenvalue weighted by molar-refractivity contribution is -0.141. The highest BCUT2D eigenvalue weighted by Gasteiger charge is 2.35. The molecule has 0 aliphatic rings. The van der Waals surface area contributed by atoms with Crippen LogP contribution in [-0.4, -0.2) is 42.8 Å². The number of ether oxygens (including phenoxy) is 1. The maximum Gasteiger partial charge on any atom is 0.435 e. The Labute approximate surface area is 165 Å². The van der Waals surface area contributed by atoms with Gasteiger partial charge in [-0.15, -0.1) is 0 Å². The Bertz CT molecular complexity index is 1110. The second kappa shape index (κ2) is 7.88. The monoisotopic (exact) mass is 426 g/mol. The van der Waals surface area contributed by atoms with Crippen molar-refractivity contribution in [1.29, 1.82) is 0 Å². The third-order valence-corrected chi connectivity index (χ3v) is 5.88. The molecule has 2 aromatic carbocycles. The molecule has 3 aromatic rings. The molecule has 10 heteroatoms. The van der Waals surface area contributed by atoms with Crippen LogP contribution in [0.15, 0.2) is 59.5 Å². The molecule has 0 spiro atoms. The number of rotatable bonds is 6. The van der Waals surface area contributed by atoms with E-state index >= 15 is 0 Å². The summed E-state index contributed by atoms with van der Waals surface area (Å²) in [6, 6.07) is 12.7. The van der Waals surface area contributed by atoms with E-state index in [-0.39, 0.29) is 10.6 Å². The Kier molecular flexibility index (Phi) is 5.67. The fraction of sp³-hybridized carbons (Fsp3) is 0.211. The van der Waals surface area contributed by atoms with E-state index in [2.05, 4.69) is 5.10 Å². The summed E-state index contributed by atoms with van der Waals surface area (Å²) in [5.74, 6) is 0.00900. The van der Waals surface area contributed by atoms with Crippen molar-refractivity contribution in [2.75, 3.05) is 19.5 Å². The first-order valence-electron chi connectivity index (χ1n) is 8.41. The Morgan fingerprint density at radius 1 is 1.10 bits per heavy atom. The molecule has 0 radical (unpaired) electrons. The Balaban J connectivity index is 2.12. The van der Waals surface area contributed by atoms with E-state index in [1.165, 1.54) is 37.4 Å². The minimum Gasteiger partial charge on any atom is -0.497 e. The molecule has 1 heterocycles. The zero-order valence-corrected chi connectivity index (χ0v) is 16.0. The first kappa shape index (κ1) is 20.9. The molecular formula is C19H17F3N2O4S. The number of sulfone groups is 1. The predicted molar refractivity (Wildman–Crippen MR) is 99.7 cm³/mol. The lowest BCUT2D eigenvalue weighted by atomic mass is 10.1. The van der Waals surface area contributed by atoms with Crippen LogP contribution in [0.25, 0.3) is 16.9 Å². The fourth-order valence-corrected chi connectivity index (χ4v) is 3.76. The summed E-state index contributed by atoms with van der Waals surface area (Å²) in [5.41, 5.74) is -0.241. The molecule has 0 aliphatic heterocycles. The van der Waals surface area contributed by atoms with Crippen molar-refractivity contribution < 1.29 is 31.4 Å². The number of nitrogens with zero attached hydrogens (tertiary/aromatic N) is 2. The minimum atomic E-state index is -4.65. The van der Waals surface area contributed by atoms with Crippen LogP contribution in [0.2, 0.25) is 0 Å². The highest BCUT2D eigenvalue weighted by Crippen LogP contribution is 2.34. The molecule has 0 aliphatic carbocycles. The van der Waals surface area contributed by atoms with Crippen LogP contribution in [-0.2, 0) is 16.0 Å². The van der Waals surface area contributed by atoms with Crippen molar-refractivity contribution in [2.45, 2.75) is 11.1 Å². The van der Waals surface area contributed by atoms with Crippen molar-refractivity contribution >= 4 is 9.84 Å². The fourth-order valence-electron chi connectivity index (χ4n) is 2.74. The average Bonchev–Trinajstić information content (AvgIpc) is 3.14. The van der Waals surface area contributed by atoms with Crippen molar-refractivity contribution in [3.8, 4) is 22.7 Å². The number of benzene rings is 2. The third kappa shape index (κ3) is 4.43. The first-order chi connectivity index (χ1) is 13.7. The van der Waals surface area contributed by atoms with Gasteiger partial charge in [0.15, 0.2) is 15.5 Å². The van der Waals surface area contributed by atoms with Crippen molar-refractivity contribution in [3.05, 3.63) is 60.3 Å². The molecule has 6 nitrogen and oxygen atoms in total. The molecule has 0 saturated carbocycles. The lowest BCUT2D eigenvalue weighted by Gasteiger charge is -2.10. The predicted octanol–water partition coefficient (Wildman–Crippen LogP) is 3.33. The molecule has 3 rings (SSSR count). The van der Waals surface area contributed by atoms with Gasteiger partial charge in [0.05, 0.1) is 35.7 Å². The summed E-state index contributed by atoms with van der Waals surface area (Å²) in [7, 11) is -2.23. The standard InChI is InChI=1S/C19H17F3N2O4S/c1-28-15-4-2-3-14(11-15)24-17(12-18(23-24)19(20,21)22)13-5-7-16(8-6-13)29(26,27)10-9-25/h2-8,11-12,25H,9-10H2,1H3. The number of aliphatic hydroxyl groups is 1. The van der Waals surface area contributed by atoms with Crippen LogP contribution in [0.1, 0.15) is 5.69 Å². The molecule has 0 fully saturated rings. The van der Waals surface area contributed by atoms with Gasteiger partial charge in [-0.25, -0.2) is 13.1 Å². The van der Waals surface area contributed by atoms with E-state index in [9.17, 15) is 21.6 Å². The number of aliphatic hydroxyl groups excluding tert-OH is 1. The quantitative estimate of drug-likeness (QED) is 0.654. The summed E-state index contributed by atoms with van der Waals surface area (Å²) in [5, 5.41) is 12.6.